The molecule has 0 radical (unpaired) electrons. The number of halogens is 3. The molecule has 0 bridgehead atoms. The van der Waals surface area contributed by atoms with E-state index in [1.165, 1.54) is 23.3 Å². The summed E-state index contributed by atoms with van der Waals surface area (Å²) in [7, 11) is 4.00. The highest BCUT2D eigenvalue weighted by Crippen LogP contribution is 2.64. The molecule has 0 amide bonds. The van der Waals surface area contributed by atoms with Crippen LogP contribution < -0.4 is 4.90 Å². The maximum Gasteiger partial charge on any atom is 0.416 e. The molecule has 2 fully saturated rings. The van der Waals surface area contributed by atoms with Crippen LogP contribution in [-0.2, 0) is 15.7 Å². The van der Waals surface area contributed by atoms with Gasteiger partial charge in [0, 0.05) is 43.1 Å². The summed E-state index contributed by atoms with van der Waals surface area (Å²) in [6.45, 7) is 2.47. The zero-order valence-corrected chi connectivity index (χ0v) is 23.5. The summed E-state index contributed by atoms with van der Waals surface area (Å²) in [6, 6.07) is 13.2. The third-order valence-corrected chi connectivity index (χ3v) is 9.80. The fourth-order valence-corrected chi connectivity index (χ4v) is 7.44. The van der Waals surface area contributed by atoms with Gasteiger partial charge in [0.1, 0.15) is 5.60 Å². The molecule has 2 aromatic carbocycles. The van der Waals surface area contributed by atoms with Gasteiger partial charge in [-0.15, -0.1) is 0 Å². The molecule has 1 heterocycles. The van der Waals surface area contributed by atoms with Crippen LogP contribution in [-0.4, -0.2) is 43.3 Å². The molecular weight excluding hydrogens is 527 g/mol. The van der Waals surface area contributed by atoms with Gasteiger partial charge in [0.05, 0.1) is 18.3 Å². The second-order valence-electron chi connectivity index (χ2n) is 12.3. The van der Waals surface area contributed by atoms with Crippen molar-refractivity contribution in [2.45, 2.75) is 62.8 Å². The molecule has 5 atom stereocenters. The highest BCUT2D eigenvalue weighted by Gasteiger charge is 2.63. The second kappa shape index (κ2) is 9.89. The number of anilines is 1. The lowest BCUT2D eigenvalue weighted by atomic mass is 9.55. The van der Waals surface area contributed by atoms with Crippen LogP contribution in [0.2, 0.25) is 0 Å². The van der Waals surface area contributed by atoms with E-state index in [4.69, 9.17) is 4.74 Å². The van der Waals surface area contributed by atoms with E-state index in [0.29, 0.717) is 37.9 Å². The highest BCUT2D eigenvalue weighted by molar-refractivity contribution is 5.93. The minimum Gasteiger partial charge on any atom is -0.378 e. The number of fused-ring (bicyclic) bond motifs is 4. The molecule has 0 spiro atoms. The van der Waals surface area contributed by atoms with Gasteiger partial charge in [0.2, 0.25) is 0 Å². The van der Waals surface area contributed by atoms with Crippen LogP contribution in [0.5, 0.6) is 0 Å². The molecule has 5 unspecified atom stereocenters. The Kier molecular flexibility index (Phi) is 6.71. The predicted octanol–water partition coefficient (Wildman–Crippen LogP) is 6.44. The van der Waals surface area contributed by atoms with Crippen LogP contribution in [0.15, 0.2) is 71.3 Å². The van der Waals surface area contributed by atoms with Gasteiger partial charge in [-0.25, -0.2) is 0 Å². The Morgan fingerprint density at radius 2 is 1.76 bits per heavy atom. The van der Waals surface area contributed by atoms with E-state index in [1.807, 2.05) is 14.1 Å². The number of ether oxygens (including phenoxy) is 1. The molecule has 7 heteroatoms. The average Bonchev–Trinajstić information content (AvgIpc) is 3.21. The Labute approximate surface area is 238 Å². The predicted molar refractivity (Wildman–Crippen MR) is 151 cm³/mol. The van der Waals surface area contributed by atoms with Crippen molar-refractivity contribution in [3.05, 3.63) is 88.0 Å². The molecular formula is C34H34F3NO3. The number of hydrogen-bond donors (Lipinski definition) is 1. The van der Waals surface area contributed by atoms with E-state index in [9.17, 15) is 23.1 Å². The molecule has 1 N–H and O–H groups in total. The summed E-state index contributed by atoms with van der Waals surface area (Å²) in [5.74, 6) is 6.23. The van der Waals surface area contributed by atoms with Crippen LogP contribution in [0, 0.1) is 23.2 Å². The Morgan fingerprint density at radius 1 is 1.05 bits per heavy atom. The first-order valence-corrected chi connectivity index (χ1v) is 14.2. The smallest absolute Gasteiger partial charge is 0.378 e. The Morgan fingerprint density at radius 3 is 2.41 bits per heavy atom. The molecule has 4 aliphatic rings. The second-order valence-corrected chi connectivity index (χ2v) is 12.3. The molecule has 2 saturated carbocycles. The average molecular weight is 562 g/mol. The van der Waals surface area contributed by atoms with Crippen molar-refractivity contribution in [1.29, 1.82) is 0 Å². The zero-order valence-electron chi connectivity index (χ0n) is 23.5. The summed E-state index contributed by atoms with van der Waals surface area (Å²) in [5.41, 5.74) is 3.42. The van der Waals surface area contributed by atoms with Gasteiger partial charge in [-0.05, 0) is 96.4 Å². The summed E-state index contributed by atoms with van der Waals surface area (Å²) >= 11 is 0. The maximum absolute atomic E-state index is 13.0. The van der Waals surface area contributed by atoms with E-state index in [1.54, 1.807) is 6.08 Å². The number of hydrogen-bond acceptors (Lipinski definition) is 4. The van der Waals surface area contributed by atoms with E-state index < -0.39 is 22.8 Å². The minimum absolute atomic E-state index is 0.0216. The molecule has 1 aliphatic heterocycles. The molecule has 4 nitrogen and oxygen atoms in total. The lowest BCUT2D eigenvalue weighted by molar-refractivity contribution is -0.137. The Balaban J connectivity index is 1.41. The molecule has 2 aromatic rings. The fourth-order valence-electron chi connectivity index (χ4n) is 7.44. The number of aliphatic hydroxyl groups is 1. The first kappa shape index (κ1) is 27.8. The first-order valence-electron chi connectivity index (χ1n) is 14.2. The molecule has 0 saturated heterocycles. The lowest BCUT2D eigenvalue weighted by Gasteiger charge is -2.53. The van der Waals surface area contributed by atoms with E-state index in [-0.39, 0.29) is 23.7 Å². The van der Waals surface area contributed by atoms with Crippen LogP contribution in [0.1, 0.15) is 61.6 Å². The van der Waals surface area contributed by atoms with Crippen molar-refractivity contribution < 1.29 is 27.8 Å². The number of allylic oxidation sites excluding steroid dienone is 1. The van der Waals surface area contributed by atoms with E-state index in [2.05, 4.69) is 47.9 Å². The number of ketones is 1. The fraction of sp³-hybridized carbons (Fsp3) is 0.441. The third-order valence-electron chi connectivity index (χ3n) is 9.80. The topological polar surface area (TPSA) is 49.8 Å². The third kappa shape index (κ3) is 4.71. The van der Waals surface area contributed by atoms with E-state index in [0.717, 1.165) is 35.4 Å². The monoisotopic (exact) mass is 561 g/mol. The van der Waals surface area contributed by atoms with Gasteiger partial charge in [0.25, 0.3) is 0 Å². The lowest BCUT2D eigenvalue weighted by Crippen LogP contribution is -2.53. The van der Waals surface area contributed by atoms with Crippen LogP contribution in [0.4, 0.5) is 18.9 Å². The van der Waals surface area contributed by atoms with Crippen LogP contribution in [0.3, 0.4) is 0 Å². The number of benzene rings is 2. The molecule has 41 heavy (non-hydrogen) atoms. The van der Waals surface area contributed by atoms with E-state index >= 15 is 0 Å². The van der Waals surface area contributed by atoms with Crippen molar-refractivity contribution in [2.75, 3.05) is 25.6 Å². The normalized spacial score (nSPS) is 31.0. The Hall–Kier alpha value is -3.34. The van der Waals surface area contributed by atoms with Gasteiger partial charge in [-0.3, -0.25) is 4.79 Å². The number of carbonyl (C=O) groups excluding carboxylic acids is 1. The van der Waals surface area contributed by atoms with Crippen LogP contribution in [0.25, 0.3) is 0 Å². The van der Waals surface area contributed by atoms with Gasteiger partial charge < -0.3 is 14.7 Å². The van der Waals surface area contributed by atoms with Gasteiger partial charge >= 0.3 is 6.18 Å². The number of rotatable bonds is 2. The molecule has 6 rings (SSSR count). The standard InChI is InChI=1S/C34H34F3NO3/c1-32-19-28(22-6-10-25(11-7-22)38(2)3)30-27-13-12-26(39)18-23(27)20-41-31(30)29(32)15-17-33(32,40)16-14-21-4-8-24(9-5-21)34(35,36)37/h4-11,18,28-29,31,40H,12-13,15,17,19-20H2,1-3H3. The van der Waals surface area contributed by atoms with Crippen molar-refractivity contribution in [3.8, 4) is 11.8 Å². The van der Waals surface area contributed by atoms with Crippen LogP contribution >= 0.6 is 0 Å². The largest absolute Gasteiger partial charge is 0.416 e. The minimum atomic E-state index is -4.41. The van der Waals surface area contributed by atoms with Crippen molar-refractivity contribution in [1.82, 2.24) is 0 Å². The Bertz CT molecular complexity index is 1490. The first-order chi connectivity index (χ1) is 19.4. The molecule has 0 aromatic heterocycles. The maximum atomic E-state index is 13.0. The summed E-state index contributed by atoms with van der Waals surface area (Å²) < 4.78 is 45.6. The zero-order chi connectivity index (χ0) is 29.2. The quantitative estimate of drug-likeness (QED) is 0.429. The summed E-state index contributed by atoms with van der Waals surface area (Å²) in [4.78, 5) is 14.3. The van der Waals surface area contributed by atoms with Gasteiger partial charge in [-0.2, -0.15) is 13.2 Å². The molecule has 214 valence electrons. The number of carbonyl (C=O) groups is 1. The van der Waals surface area contributed by atoms with Crippen molar-refractivity contribution in [3.63, 3.8) is 0 Å². The summed E-state index contributed by atoms with van der Waals surface area (Å²) in [5, 5.41) is 12.1. The number of alkyl halides is 3. The van der Waals surface area contributed by atoms with Crippen molar-refractivity contribution in [2.24, 2.45) is 11.3 Å². The summed E-state index contributed by atoms with van der Waals surface area (Å²) in [6.07, 6.45) is 0.150. The molecule has 3 aliphatic carbocycles. The van der Waals surface area contributed by atoms with Gasteiger partial charge in [0.15, 0.2) is 5.78 Å². The SMILES string of the molecule is CN(C)c1ccc(C2CC3(C)C(CCC3(O)C#Cc3ccc(C(F)(F)F)cc3)C3OCC4=CC(=O)CCC4=C23)cc1. The van der Waals surface area contributed by atoms with Gasteiger partial charge in [-0.1, -0.05) is 30.9 Å². The highest BCUT2D eigenvalue weighted by atomic mass is 19.4. The van der Waals surface area contributed by atoms with Crippen molar-refractivity contribution >= 4 is 11.5 Å². The number of nitrogens with zero attached hydrogens (tertiary/aromatic N) is 1.